The fraction of sp³-hybridized carbons (Fsp3) is 0.538. The number of hydrogen-bond acceptors (Lipinski definition) is 4. The van der Waals surface area contributed by atoms with E-state index in [1.807, 2.05) is 11.4 Å². The number of amides is 2. The number of hydrogen-bond donors (Lipinski definition) is 2. The molecule has 104 valence electrons. The molecule has 1 aromatic heterocycles. The quantitative estimate of drug-likeness (QED) is 0.800. The first-order valence-corrected chi connectivity index (χ1v) is 7.17. The van der Waals surface area contributed by atoms with Gasteiger partial charge >= 0.3 is 11.8 Å². The fourth-order valence-corrected chi connectivity index (χ4v) is 3.28. The van der Waals surface area contributed by atoms with Gasteiger partial charge in [-0.1, -0.05) is 6.07 Å². The molecule has 0 bridgehead atoms. The zero-order valence-electron chi connectivity index (χ0n) is 10.9. The minimum absolute atomic E-state index is 0.101. The molecule has 2 amide bonds. The molecule has 0 aliphatic carbocycles. The first-order chi connectivity index (χ1) is 9.18. The maximum Gasteiger partial charge on any atom is 0.309 e. The summed E-state index contributed by atoms with van der Waals surface area (Å²) < 4.78 is 5.41. The maximum absolute atomic E-state index is 11.6. The van der Waals surface area contributed by atoms with Crippen molar-refractivity contribution in [3.63, 3.8) is 0 Å². The summed E-state index contributed by atoms with van der Waals surface area (Å²) in [5, 5.41) is 7.09. The highest BCUT2D eigenvalue weighted by atomic mass is 32.1. The molecule has 0 saturated carbocycles. The Morgan fingerprint density at radius 2 is 2.11 bits per heavy atom. The minimum atomic E-state index is -0.603. The highest BCUT2D eigenvalue weighted by Gasteiger charge is 2.36. The first-order valence-electron chi connectivity index (χ1n) is 6.29. The lowest BCUT2D eigenvalue weighted by Gasteiger charge is -2.36. The van der Waals surface area contributed by atoms with Crippen LogP contribution in [-0.2, 0) is 19.7 Å². The number of rotatable bonds is 3. The Balaban J connectivity index is 2.07. The molecule has 2 N–H and O–H groups in total. The highest BCUT2D eigenvalue weighted by Crippen LogP contribution is 2.36. The average Bonchev–Trinajstić information content (AvgIpc) is 2.99. The molecule has 0 radical (unpaired) electrons. The van der Waals surface area contributed by atoms with E-state index in [0.29, 0.717) is 19.8 Å². The van der Waals surface area contributed by atoms with Crippen molar-refractivity contribution < 1.29 is 14.3 Å². The van der Waals surface area contributed by atoms with E-state index in [-0.39, 0.29) is 5.41 Å². The van der Waals surface area contributed by atoms with E-state index in [4.69, 9.17) is 4.74 Å². The predicted molar refractivity (Wildman–Crippen MR) is 73.1 cm³/mol. The van der Waals surface area contributed by atoms with Crippen molar-refractivity contribution in [2.75, 3.05) is 26.8 Å². The summed E-state index contributed by atoms with van der Waals surface area (Å²) in [5.41, 5.74) is -0.101. The third-order valence-corrected chi connectivity index (χ3v) is 4.63. The van der Waals surface area contributed by atoms with Crippen LogP contribution in [0.5, 0.6) is 0 Å². The van der Waals surface area contributed by atoms with Gasteiger partial charge in [-0.25, -0.2) is 0 Å². The number of ether oxygens (including phenoxy) is 1. The summed E-state index contributed by atoms with van der Waals surface area (Å²) in [6.45, 7) is 1.85. The van der Waals surface area contributed by atoms with Gasteiger partial charge in [0.1, 0.15) is 0 Å². The van der Waals surface area contributed by atoms with Crippen molar-refractivity contribution in [1.82, 2.24) is 10.6 Å². The second-order valence-electron chi connectivity index (χ2n) is 4.63. The lowest BCUT2D eigenvalue weighted by Crippen LogP contribution is -2.47. The zero-order valence-corrected chi connectivity index (χ0v) is 11.7. The Kier molecular flexibility index (Phi) is 4.55. The maximum atomic E-state index is 11.6. The minimum Gasteiger partial charge on any atom is -0.381 e. The van der Waals surface area contributed by atoms with Crippen LogP contribution < -0.4 is 10.6 Å². The lowest BCUT2D eigenvalue weighted by atomic mass is 9.78. The van der Waals surface area contributed by atoms with E-state index >= 15 is 0 Å². The van der Waals surface area contributed by atoms with Crippen LogP contribution in [0.4, 0.5) is 0 Å². The molecular formula is C13H18N2O3S. The van der Waals surface area contributed by atoms with Crippen molar-refractivity contribution in [2.24, 2.45) is 0 Å². The van der Waals surface area contributed by atoms with Crippen LogP contribution in [-0.4, -0.2) is 38.6 Å². The standard InChI is InChI=1S/C13H18N2O3S/c1-14-11(16)12(17)15-9-13(4-6-18-7-5-13)10-3-2-8-19-10/h2-3,8H,4-7,9H2,1H3,(H,14,16)(H,15,17). The Morgan fingerprint density at radius 3 is 2.68 bits per heavy atom. The van der Waals surface area contributed by atoms with Crippen molar-refractivity contribution in [2.45, 2.75) is 18.3 Å². The molecule has 6 heteroatoms. The fourth-order valence-electron chi connectivity index (χ4n) is 2.30. The topological polar surface area (TPSA) is 67.4 Å². The molecule has 5 nitrogen and oxygen atoms in total. The van der Waals surface area contributed by atoms with Gasteiger partial charge in [-0.2, -0.15) is 0 Å². The number of carbonyl (C=O) groups is 2. The third kappa shape index (κ3) is 3.13. The molecule has 0 atom stereocenters. The molecule has 2 rings (SSSR count). The van der Waals surface area contributed by atoms with Gasteiger partial charge in [0.25, 0.3) is 0 Å². The smallest absolute Gasteiger partial charge is 0.309 e. The van der Waals surface area contributed by atoms with E-state index in [0.717, 1.165) is 12.8 Å². The average molecular weight is 282 g/mol. The number of carbonyl (C=O) groups excluding carboxylic acids is 2. The van der Waals surface area contributed by atoms with Gasteiger partial charge in [-0.05, 0) is 24.3 Å². The molecular weight excluding hydrogens is 264 g/mol. The summed E-state index contributed by atoms with van der Waals surface area (Å²) in [5.74, 6) is -1.18. The van der Waals surface area contributed by atoms with Gasteiger partial charge < -0.3 is 15.4 Å². The van der Waals surface area contributed by atoms with Crippen LogP contribution in [0.2, 0.25) is 0 Å². The summed E-state index contributed by atoms with van der Waals surface area (Å²) in [7, 11) is 1.45. The summed E-state index contributed by atoms with van der Waals surface area (Å²) in [6.07, 6.45) is 1.73. The molecule has 0 aromatic carbocycles. The van der Waals surface area contributed by atoms with Crippen molar-refractivity contribution in [1.29, 1.82) is 0 Å². The molecule has 1 fully saturated rings. The third-order valence-electron chi connectivity index (χ3n) is 3.51. The van der Waals surface area contributed by atoms with Crippen molar-refractivity contribution in [3.8, 4) is 0 Å². The van der Waals surface area contributed by atoms with Crippen molar-refractivity contribution >= 4 is 23.2 Å². The van der Waals surface area contributed by atoms with Crippen LogP contribution in [0.1, 0.15) is 17.7 Å². The number of likely N-dealkylation sites (N-methyl/N-ethyl adjacent to an activating group) is 1. The first kappa shape index (κ1) is 14.0. The summed E-state index contributed by atoms with van der Waals surface area (Å²) in [6, 6.07) is 4.10. The van der Waals surface area contributed by atoms with E-state index in [9.17, 15) is 9.59 Å². The SMILES string of the molecule is CNC(=O)C(=O)NCC1(c2cccs2)CCOCC1. The van der Waals surface area contributed by atoms with E-state index in [1.54, 1.807) is 11.3 Å². The Morgan fingerprint density at radius 1 is 1.37 bits per heavy atom. The molecule has 1 aliphatic heterocycles. The summed E-state index contributed by atoms with van der Waals surface area (Å²) in [4.78, 5) is 24.1. The van der Waals surface area contributed by atoms with Crippen molar-refractivity contribution in [3.05, 3.63) is 22.4 Å². The predicted octanol–water partition coefficient (Wildman–Crippen LogP) is 0.659. The van der Waals surface area contributed by atoms with Crippen LogP contribution in [0.25, 0.3) is 0 Å². The Hall–Kier alpha value is -1.40. The van der Waals surface area contributed by atoms with E-state index in [1.165, 1.54) is 11.9 Å². The molecule has 0 spiro atoms. The Bertz CT molecular complexity index is 439. The second-order valence-corrected chi connectivity index (χ2v) is 5.58. The zero-order chi connectivity index (χ0) is 13.7. The van der Waals surface area contributed by atoms with Crippen LogP contribution >= 0.6 is 11.3 Å². The van der Waals surface area contributed by atoms with Crippen LogP contribution in [0.3, 0.4) is 0 Å². The van der Waals surface area contributed by atoms with Gasteiger partial charge in [-0.3, -0.25) is 9.59 Å². The van der Waals surface area contributed by atoms with Gasteiger partial charge in [0.2, 0.25) is 0 Å². The highest BCUT2D eigenvalue weighted by molar-refractivity contribution is 7.10. The lowest BCUT2D eigenvalue weighted by molar-refractivity contribution is -0.139. The van der Waals surface area contributed by atoms with E-state index in [2.05, 4.69) is 16.7 Å². The molecule has 1 aromatic rings. The van der Waals surface area contributed by atoms with Gasteiger partial charge in [-0.15, -0.1) is 11.3 Å². The van der Waals surface area contributed by atoms with Gasteiger partial charge in [0, 0.05) is 37.1 Å². The monoisotopic (exact) mass is 282 g/mol. The van der Waals surface area contributed by atoms with Crippen LogP contribution in [0.15, 0.2) is 17.5 Å². The summed E-state index contributed by atoms with van der Waals surface area (Å²) >= 11 is 1.69. The normalized spacial score (nSPS) is 17.7. The molecule has 0 unspecified atom stereocenters. The van der Waals surface area contributed by atoms with Crippen LogP contribution in [0, 0.1) is 0 Å². The molecule has 1 aliphatic rings. The van der Waals surface area contributed by atoms with Gasteiger partial charge in [0.05, 0.1) is 0 Å². The molecule has 2 heterocycles. The second kappa shape index (κ2) is 6.16. The number of thiophene rings is 1. The Labute approximate surface area is 116 Å². The molecule has 1 saturated heterocycles. The van der Waals surface area contributed by atoms with E-state index < -0.39 is 11.8 Å². The largest absolute Gasteiger partial charge is 0.381 e. The van der Waals surface area contributed by atoms with Gasteiger partial charge in [0.15, 0.2) is 0 Å². The molecule has 19 heavy (non-hydrogen) atoms. The number of nitrogens with one attached hydrogen (secondary N) is 2.